The van der Waals surface area contributed by atoms with Crippen LogP contribution >= 0.6 is 11.6 Å². The summed E-state index contributed by atoms with van der Waals surface area (Å²) in [4.78, 5) is 21.8. The van der Waals surface area contributed by atoms with Crippen LogP contribution in [0.25, 0.3) is 0 Å². The van der Waals surface area contributed by atoms with E-state index in [9.17, 15) is 9.59 Å². The van der Waals surface area contributed by atoms with Crippen molar-refractivity contribution in [3.05, 3.63) is 64.2 Å². The van der Waals surface area contributed by atoms with Gasteiger partial charge in [-0.1, -0.05) is 29.8 Å². The molecular weight excluding hydrogens is 308 g/mol. The average Bonchev–Trinajstić information content (AvgIpc) is 2.46. The number of benzene rings is 2. The summed E-state index contributed by atoms with van der Waals surface area (Å²) in [5, 5.41) is 18.2. The second kappa shape index (κ2) is 6.95. The first-order valence-corrected chi connectivity index (χ1v) is 6.79. The van der Waals surface area contributed by atoms with E-state index in [0.29, 0.717) is 21.9 Å². The summed E-state index contributed by atoms with van der Waals surface area (Å²) in [6.45, 7) is 0.0804. The van der Waals surface area contributed by atoms with Crippen LogP contribution in [0.5, 0.6) is 5.75 Å². The van der Waals surface area contributed by atoms with E-state index in [1.165, 1.54) is 6.07 Å². The molecule has 0 aliphatic rings. The minimum absolute atomic E-state index is 0.0549. The molecule has 0 unspecified atom stereocenters. The molecule has 0 amide bonds. The summed E-state index contributed by atoms with van der Waals surface area (Å²) in [6.07, 6.45) is -0.0549. The van der Waals surface area contributed by atoms with E-state index in [1.807, 2.05) is 0 Å². The second-order valence-corrected chi connectivity index (χ2v) is 5.05. The van der Waals surface area contributed by atoms with E-state index < -0.39 is 11.9 Å². The zero-order chi connectivity index (χ0) is 16.1. The molecule has 0 spiro atoms. The van der Waals surface area contributed by atoms with E-state index in [2.05, 4.69) is 0 Å². The molecule has 0 saturated carbocycles. The number of carboxylic acids is 2. The van der Waals surface area contributed by atoms with Gasteiger partial charge in [0.25, 0.3) is 0 Å². The van der Waals surface area contributed by atoms with Gasteiger partial charge in [0.1, 0.15) is 12.4 Å². The number of rotatable bonds is 6. The van der Waals surface area contributed by atoms with Gasteiger partial charge in [-0.05, 0) is 29.8 Å². The van der Waals surface area contributed by atoms with Crippen molar-refractivity contribution in [2.75, 3.05) is 0 Å². The van der Waals surface area contributed by atoms with Crippen LogP contribution in [0.3, 0.4) is 0 Å². The topological polar surface area (TPSA) is 83.8 Å². The normalized spacial score (nSPS) is 10.2. The second-order valence-electron chi connectivity index (χ2n) is 4.61. The predicted octanol–water partition coefficient (Wildman–Crippen LogP) is 3.24. The SMILES string of the molecule is O=C(O)Cc1ccc(OCc2ccc(Cl)cc2C(=O)O)cc1. The summed E-state index contributed by atoms with van der Waals surface area (Å²) in [7, 11) is 0. The number of aromatic carboxylic acids is 1. The average molecular weight is 321 g/mol. The lowest BCUT2D eigenvalue weighted by atomic mass is 10.1. The van der Waals surface area contributed by atoms with Crippen molar-refractivity contribution in [2.45, 2.75) is 13.0 Å². The number of aliphatic carboxylic acids is 1. The number of ether oxygens (including phenoxy) is 1. The predicted molar refractivity (Wildman–Crippen MR) is 80.5 cm³/mol. The Balaban J connectivity index is 2.07. The molecule has 2 aromatic rings. The Kier molecular flexibility index (Phi) is 5.01. The maximum absolute atomic E-state index is 11.2. The molecule has 0 aromatic heterocycles. The van der Waals surface area contributed by atoms with E-state index in [-0.39, 0.29) is 18.6 Å². The highest BCUT2D eigenvalue weighted by Gasteiger charge is 2.11. The van der Waals surface area contributed by atoms with Gasteiger partial charge in [0.15, 0.2) is 0 Å². The van der Waals surface area contributed by atoms with Crippen molar-refractivity contribution in [2.24, 2.45) is 0 Å². The fourth-order valence-corrected chi connectivity index (χ4v) is 2.08. The van der Waals surface area contributed by atoms with Gasteiger partial charge >= 0.3 is 11.9 Å². The third-order valence-corrected chi connectivity index (χ3v) is 3.21. The monoisotopic (exact) mass is 320 g/mol. The molecule has 2 N–H and O–H groups in total. The van der Waals surface area contributed by atoms with Crippen LogP contribution in [0.1, 0.15) is 21.5 Å². The summed E-state index contributed by atoms with van der Waals surface area (Å²) < 4.78 is 5.53. The fraction of sp³-hybridized carbons (Fsp3) is 0.125. The highest BCUT2D eigenvalue weighted by molar-refractivity contribution is 6.30. The number of hydrogen-bond acceptors (Lipinski definition) is 3. The third-order valence-electron chi connectivity index (χ3n) is 2.98. The molecule has 114 valence electrons. The molecule has 6 heteroatoms. The molecule has 2 rings (SSSR count). The van der Waals surface area contributed by atoms with Crippen LogP contribution in [0, 0.1) is 0 Å². The van der Waals surface area contributed by atoms with Gasteiger partial charge in [-0.2, -0.15) is 0 Å². The summed E-state index contributed by atoms with van der Waals surface area (Å²) in [6, 6.07) is 11.2. The molecule has 5 nitrogen and oxygen atoms in total. The number of carboxylic acid groups (broad SMARTS) is 2. The fourth-order valence-electron chi connectivity index (χ4n) is 1.91. The molecule has 0 aliphatic carbocycles. The highest BCUT2D eigenvalue weighted by Crippen LogP contribution is 2.19. The van der Waals surface area contributed by atoms with Crippen LogP contribution in [-0.4, -0.2) is 22.2 Å². The Hall–Kier alpha value is -2.53. The van der Waals surface area contributed by atoms with E-state index in [1.54, 1.807) is 36.4 Å². The summed E-state index contributed by atoms with van der Waals surface area (Å²) in [5.41, 5.74) is 1.26. The van der Waals surface area contributed by atoms with Gasteiger partial charge in [-0.25, -0.2) is 4.79 Å². The number of hydrogen-bond donors (Lipinski definition) is 2. The van der Waals surface area contributed by atoms with Crippen molar-refractivity contribution in [1.29, 1.82) is 0 Å². The lowest BCUT2D eigenvalue weighted by Crippen LogP contribution is -2.05. The standard InChI is InChI=1S/C16H13ClO5/c17-12-4-3-11(14(8-12)16(20)21)9-22-13-5-1-10(2-6-13)7-15(18)19/h1-6,8H,7,9H2,(H,18,19)(H,20,21). The first-order chi connectivity index (χ1) is 10.5. The molecule has 0 saturated heterocycles. The van der Waals surface area contributed by atoms with Crippen molar-refractivity contribution in [1.82, 2.24) is 0 Å². The van der Waals surface area contributed by atoms with Crippen molar-refractivity contribution in [3.8, 4) is 5.75 Å². The Morgan fingerprint density at radius 3 is 2.32 bits per heavy atom. The van der Waals surface area contributed by atoms with Gasteiger partial charge in [0.2, 0.25) is 0 Å². The van der Waals surface area contributed by atoms with Crippen molar-refractivity contribution >= 4 is 23.5 Å². The largest absolute Gasteiger partial charge is 0.489 e. The summed E-state index contributed by atoms with van der Waals surface area (Å²) in [5.74, 6) is -1.45. The van der Waals surface area contributed by atoms with E-state index >= 15 is 0 Å². The van der Waals surface area contributed by atoms with Crippen LogP contribution in [0.4, 0.5) is 0 Å². The third kappa shape index (κ3) is 4.23. The van der Waals surface area contributed by atoms with Gasteiger partial charge < -0.3 is 14.9 Å². The Bertz CT molecular complexity index is 694. The van der Waals surface area contributed by atoms with Gasteiger partial charge in [0.05, 0.1) is 12.0 Å². The van der Waals surface area contributed by atoms with Crippen LogP contribution in [0.15, 0.2) is 42.5 Å². The minimum Gasteiger partial charge on any atom is -0.489 e. The molecule has 22 heavy (non-hydrogen) atoms. The van der Waals surface area contributed by atoms with Crippen LogP contribution in [-0.2, 0) is 17.8 Å². The quantitative estimate of drug-likeness (QED) is 0.853. The first kappa shape index (κ1) is 15.9. The van der Waals surface area contributed by atoms with Crippen LogP contribution in [0.2, 0.25) is 5.02 Å². The number of carbonyl (C=O) groups is 2. The highest BCUT2D eigenvalue weighted by atomic mass is 35.5. The molecule has 0 heterocycles. The lowest BCUT2D eigenvalue weighted by molar-refractivity contribution is -0.136. The van der Waals surface area contributed by atoms with Gasteiger partial charge in [-0.15, -0.1) is 0 Å². The Morgan fingerprint density at radius 1 is 1.05 bits per heavy atom. The van der Waals surface area contributed by atoms with Crippen LogP contribution < -0.4 is 4.74 Å². The van der Waals surface area contributed by atoms with Gasteiger partial charge in [-0.3, -0.25) is 4.79 Å². The maximum Gasteiger partial charge on any atom is 0.336 e. The number of halogens is 1. The Morgan fingerprint density at radius 2 is 1.73 bits per heavy atom. The molecule has 0 bridgehead atoms. The smallest absolute Gasteiger partial charge is 0.336 e. The molecular formula is C16H13ClO5. The van der Waals surface area contributed by atoms with Gasteiger partial charge in [0, 0.05) is 10.6 Å². The molecule has 0 atom stereocenters. The minimum atomic E-state index is -1.07. The Labute approximate surface area is 131 Å². The van der Waals surface area contributed by atoms with Crippen molar-refractivity contribution in [3.63, 3.8) is 0 Å². The summed E-state index contributed by atoms with van der Waals surface area (Å²) >= 11 is 5.78. The molecule has 2 aromatic carbocycles. The zero-order valence-electron chi connectivity index (χ0n) is 11.5. The maximum atomic E-state index is 11.2. The molecule has 0 fully saturated rings. The molecule has 0 radical (unpaired) electrons. The van der Waals surface area contributed by atoms with E-state index in [4.69, 9.17) is 26.6 Å². The zero-order valence-corrected chi connectivity index (χ0v) is 12.2. The lowest BCUT2D eigenvalue weighted by Gasteiger charge is -2.09. The van der Waals surface area contributed by atoms with Crippen molar-refractivity contribution < 1.29 is 24.5 Å². The first-order valence-electron chi connectivity index (χ1n) is 6.41. The molecule has 0 aliphatic heterocycles. The van der Waals surface area contributed by atoms with E-state index in [0.717, 1.165) is 0 Å².